The van der Waals surface area contributed by atoms with E-state index in [0.717, 1.165) is 31.5 Å². The first-order valence-electron chi connectivity index (χ1n) is 8.17. The van der Waals surface area contributed by atoms with Crippen molar-refractivity contribution in [1.82, 2.24) is 5.32 Å². The molecule has 4 heteroatoms. The fourth-order valence-corrected chi connectivity index (χ4v) is 4.75. The number of hydrogen-bond acceptors (Lipinski definition) is 4. The highest BCUT2D eigenvalue weighted by Crippen LogP contribution is 2.40. The van der Waals surface area contributed by atoms with Crippen molar-refractivity contribution in [2.24, 2.45) is 5.92 Å². The Morgan fingerprint density at radius 1 is 1.43 bits per heavy atom. The number of carbonyl (C=O) groups excluding carboxylic acids is 1. The summed E-state index contributed by atoms with van der Waals surface area (Å²) < 4.78 is 0. The molecule has 1 atom stereocenters. The molecule has 0 bridgehead atoms. The molecule has 0 amide bonds. The monoisotopic (exact) mass is 329 g/mol. The molecule has 2 heterocycles. The van der Waals surface area contributed by atoms with Crippen molar-refractivity contribution in [3.8, 4) is 16.2 Å². The number of rotatable bonds is 5. The molecule has 3 rings (SSSR count). The van der Waals surface area contributed by atoms with Gasteiger partial charge in [-0.15, -0.1) is 11.3 Å². The fourth-order valence-electron chi connectivity index (χ4n) is 3.41. The van der Waals surface area contributed by atoms with Crippen LogP contribution >= 0.6 is 11.3 Å². The minimum Gasteiger partial charge on any atom is -0.508 e. The Bertz CT molecular complexity index is 720. The number of ketones is 1. The van der Waals surface area contributed by atoms with Crippen molar-refractivity contribution in [1.29, 1.82) is 0 Å². The second kappa shape index (κ2) is 6.85. The van der Waals surface area contributed by atoms with E-state index >= 15 is 0 Å². The highest BCUT2D eigenvalue weighted by Gasteiger charge is 2.23. The Morgan fingerprint density at radius 2 is 2.26 bits per heavy atom. The molecule has 3 nitrogen and oxygen atoms in total. The molecule has 1 aliphatic heterocycles. The zero-order valence-corrected chi connectivity index (χ0v) is 14.5. The number of aromatic hydroxyl groups is 1. The number of benzene rings is 1. The third-order valence-electron chi connectivity index (χ3n) is 4.33. The van der Waals surface area contributed by atoms with Crippen LogP contribution in [-0.4, -0.2) is 17.4 Å². The average Bonchev–Trinajstić information content (AvgIpc) is 2.85. The minimum absolute atomic E-state index is 0.252. The Morgan fingerprint density at radius 3 is 3.00 bits per heavy atom. The van der Waals surface area contributed by atoms with E-state index in [0.29, 0.717) is 18.1 Å². The number of fused-ring (bicyclic) bond motifs is 1. The standard InChI is InChI=1S/C19H23NO2S/c1-12(8-13(2)21)9-17-16-6-7-20-11-18(16)23-19(17)14-4-3-5-15(22)10-14/h3-5,10,12,20,22H,6-9,11H2,1-2H3. The Labute approximate surface area is 141 Å². The van der Waals surface area contributed by atoms with Gasteiger partial charge in [0.25, 0.3) is 0 Å². The Kier molecular flexibility index (Phi) is 4.83. The summed E-state index contributed by atoms with van der Waals surface area (Å²) in [5.41, 5.74) is 3.92. The zero-order valence-electron chi connectivity index (χ0n) is 13.7. The normalized spacial score (nSPS) is 15.2. The SMILES string of the molecule is CC(=O)CC(C)Cc1c(-c2cccc(O)c2)sc2c1CCNC2. The van der Waals surface area contributed by atoms with Crippen LogP contribution in [-0.2, 0) is 24.2 Å². The van der Waals surface area contributed by atoms with Crippen molar-refractivity contribution in [3.63, 3.8) is 0 Å². The lowest BCUT2D eigenvalue weighted by Gasteiger charge is -2.17. The summed E-state index contributed by atoms with van der Waals surface area (Å²) in [5.74, 6) is 0.897. The van der Waals surface area contributed by atoms with Crippen LogP contribution < -0.4 is 5.32 Å². The smallest absolute Gasteiger partial charge is 0.130 e. The minimum atomic E-state index is 0.252. The maximum absolute atomic E-state index is 11.4. The maximum atomic E-state index is 11.4. The van der Waals surface area contributed by atoms with Gasteiger partial charge < -0.3 is 15.2 Å². The van der Waals surface area contributed by atoms with Gasteiger partial charge in [-0.25, -0.2) is 0 Å². The van der Waals surface area contributed by atoms with Crippen LogP contribution in [0.25, 0.3) is 10.4 Å². The third kappa shape index (κ3) is 3.65. The molecule has 2 aromatic rings. The molecule has 2 N–H and O–H groups in total. The number of phenols is 1. The largest absolute Gasteiger partial charge is 0.508 e. The molecule has 0 radical (unpaired) electrons. The van der Waals surface area contributed by atoms with Gasteiger partial charge >= 0.3 is 0 Å². The van der Waals surface area contributed by atoms with Crippen LogP contribution in [0.2, 0.25) is 0 Å². The van der Waals surface area contributed by atoms with Crippen LogP contribution in [0.4, 0.5) is 0 Å². The van der Waals surface area contributed by atoms with Crippen molar-refractivity contribution in [2.45, 2.75) is 39.7 Å². The van der Waals surface area contributed by atoms with Gasteiger partial charge in [-0.05, 0) is 61.1 Å². The third-order valence-corrected chi connectivity index (χ3v) is 5.66. The predicted octanol–water partition coefficient (Wildman–Crippen LogP) is 3.92. The van der Waals surface area contributed by atoms with E-state index in [1.165, 1.54) is 20.9 Å². The number of phenolic OH excluding ortho intramolecular Hbond substituents is 1. The Hall–Kier alpha value is -1.65. The van der Waals surface area contributed by atoms with E-state index in [9.17, 15) is 9.90 Å². The van der Waals surface area contributed by atoms with E-state index in [1.807, 2.05) is 23.5 Å². The quantitative estimate of drug-likeness (QED) is 0.874. The van der Waals surface area contributed by atoms with E-state index in [1.54, 1.807) is 13.0 Å². The van der Waals surface area contributed by atoms with E-state index in [2.05, 4.69) is 18.3 Å². The first-order chi connectivity index (χ1) is 11.0. The number of thiophene rings is 1. The molecule has 1 unspecified atom stereocenters. The summed E-state index contributed by atoms with van der Waals surface area (Å²) in [4.78, 5) is 14.1. The molecule has 1 aliphatic rings. The van der Waals surface area contributed by atoms with Crippen molar-refractivity contribution in [2.75, 3.05) is 6.54 Å². The van der Waals surface area contributed by atoms with Gasteiger partial charge in [0, 0.05) is 22.7 Å². The van der Waals surface area contributed by atoms with Gasteiger partial charge in [-0.1, -0.05) is 19.1 Å². The van der Waals surface area contributed by atoms with Crippen LogP contribution in [0.1, 0.15) is 36.3 Å². The second-order valence-corrected chi connectivity index (χ2v) is 7.61. The van der Waals surface area contributed by atoms with Crippen molar-refractivity contribution in [3.05, 3.63) is 40.3 Å². The maximum Gasteiger partial charge on any atom is 0.130 e. The molecule has 0 fully saturated rings. The highest BCUT2D eigenvalue weighted by atomic mass is 32.1. The summed E-state index contributed by atoms with van der Waals surface area (Å²) in [6, 6.07) is 7.49. The summed E-state index contributed by atoms with van der Waals surface area (Å²) in [6.07, 6.45) is 2.60. The van der Waals surface area contributed by atoms with E-state index < -0.39 is 0 Å². The summed E-state index contributed by atoms with van der Waals surface area (Å²) >= 11 is 1.83. The zero-order chi connectivity index (χ0) is 16.4. The summed E-state index contributed by atoms with van der Waals surface area (Å²) in [7, 11) is 0. The van der Waals surface area contributed by atoms with Crippen LogP contribution in [0.3, 0.4) is 0 Å². The molecule has 0 spiro atoms. The van der Waals surface area contributed by atoms with Gasteiger partial charge in [0.1, 0.15) is 11.5 Å². The van der Waals surface area contributed by atoms with Gasteiger partial charge in [0.2, 0.25) is 0 Å². The molecular weight excluding hydrogens is 306 g/mol. The number of hydrogen-bond donors (Lipinski definition) is 2. The predicted molar refractivity (Wildman–Crippen MR) is 95.0 cm³/mol. The molecule has 1 aromatic heterocycles. The highest BCUT2D eigenvalue weighted by molar-refractivity contribution is 7.16. The number of Topliss-reactive ketones (excluding diaryl/α,β-unsaturated/α-hetero) is 1. The first kappa shape index (κ1) is 16.2. The lowest BCUT2D eigenvalue weighted by molar-refractivity contribution is -0.117. The topological polar surface area (TPSA) is 49.3 Å². The van der Waals surface area contributed by atoms with E-state index in [4.69, 9.17) is 0 Å². The van der Waals surface area contributed by atoms with Gasteiger partial charge in [-0.2, -0.15) is 0 Å². The van der Waals surface area contributed by atoms with Gasteiger partial charge in [0.05, 0.1) is 0 Å². The molecule has 0 aliphatic carbocycles. The molecule has 1 aromatic carbocycles. The van der Waals surface area contributed by atoms with Crippen molar-refractivity contribution < 1.29 is 9.90 Å². The van der Waals surface area contributed by atoms with Crippen LogP contribution in [0.15, 0.2) is 24.3 Å². The summed E-state index contributed by atoms with van der Waals surface area (Å²) in [5, 5.41) is 13.3. The lowest BCUT2D eigenvalue weighted by Crippen LogP contribution is -2.23. The van der Waals surface area contributed by atoms with E-state index in [-0.39, 0.29) is 5.78 Å². The van der Waals surface area contributed by atoms with Gasteiger partial charge in [-0.3, -0.25) is 0 Å². The first-order valence-corrected chi connectivity index (χ1v) is 8.99. The molecule has 23 heavy (non-hydrogen) atoms. The van der Waals surface area contributed by atoms with Crippen LogP contribution in [0.5, 0.6) is 5.75 Å². The fraction of sp³-hybridized carbons (Fsp3) is 0.421. The van der Waals surface area contributed by atoms with Crippen molar-refractivity contribution >= 4 is 17.1 Å². The average molecular weight is 329 g/mol. The second-order valence-electron chi connectivity index (χ2n) is 6.50. The molecular formula is C19H23NO2S. The van der Waals surface area contributed by atoms with Crippen LogP contribution in [0, 0.1) is 5.92 Å². The summed E-state index contributed by atoms with van der Waals surface area (Å²) in [6.45, 7) is 5.75. The lowest BCUT2D eigenvalue weighted by atomic mass is 9.90. The molecule has 0 saturated heterocycles. The Balaban J connectivity index is 2.01. The number of carbonyl (C=O) groups is 1. The molecule has 0 saturated carbocycles. The number of nitrogens with one attached hydrogen (secondary N) is 1. The van der Waals surface area contributed by atoms with Gasteiger partial charge in [0.15, 0.2) is 0 Å². The molecule has 122 valence electrons.